The molecule has 0 aromatic rings. The Labute approximate surface area is 248 Å². The Kier molecular flexibility index (Phi) is 37.7. The van der Waals surface area contributed by atoms with Crippen LogP contribution in [0.15, 0.2) is 24.3 Å². The van der Waals surface area contributed by atoms with Crippen molar-refractivity contribution < 1.29 is 9.05 Å². The maximum absolute atomic E-state index is 5.67. The number of rotatable bonds is 34. The van der Waals surface area contributed by atoms with Gasteiger partial charge in [0.25, 0.3) is 0 Å². The van der Waals surface area contributed by atoms with E-state index in [0.717, 1.165) is 13.2 Å². The van der Waals surface area contributed by atoms with Crippen molar-refractivity contribution in [1.29, 1.82) is 0 Å². The second kappa shape index (κ2) is 37.8. The maximum atomic E-state index is 5.67. The lowest BCUT2D eigenvalue weighted by Crippen LogP contribution is -1.90. The Balaban J connectivity index is 3.09. The van der Waals surface area contributed by atoms with E-state index in [1.165, 1.54) is 180 Å². The summed E-state index contributed by atoms with van der Waals surface area (Å²) in [4.78, 5) is 0. The van der Waals surface area contributed by atoms with Crippen molar-refractivity contribution >= 4 is 9.03 Å². The maximum Gasteiger partial charge on any atom is 0.155 e. The predicted molar refractivity (Wildman–Crippen MR) is 179 cm³/mol. The van der Waals surface area contributed by atoms with Crippen LogP contribution in [0.4, 0.5) is 0 Å². The molecule has 0 aliphatic carbocycles. The van der Waals surface area contributed by atoms with Crippen LogP contribution in [-0.2, 0) is 9.05 Å². The second-order valence-electron chi connectivity index (χ2n) is 11.7. The molecule has 39 heavy (non-hydrogen) atoms. The largest absolute Gasteiger partial charge is 0.336 e. The first-order valence-electron chi connectivity index (χ1n) is 17.7. The van der Waals surface area contributed by atoms with Crippen molar-refractivity contribution in [2.24, 2.45) is 0 Å². The van der Waals surface area contributed by atoms with Gasteiger partial charge in [0.2, 0.25) is 0 Å². The average molecular weight is 567 g/mol. The van der Waals surface area contributed by atoms with E-state index in [0.29, 0.717) is 0 Å². The van der Waals surface area contributed by atoms with Crippen LogP contribution in [0, 0.1) is 0 Å². The zero-order valence-electron chi connectivity index (χ0n) is 26.8. The summed E-state index contributed by atoms with van der Waals surface area (Å²) in [6, 6.07) is 0. The zero-order valence-corrected chi connectivity index (χ0v) is 27.8. The first kappa shape index (κ1) is 38.8. The zero-order chi connectivity index (χ0) is 28.2. The predicted octanol–water partition coefficient (Wildman–Crippen LogP) is 13.6. The van der Waals surface area contributed by atoms with Crippen molar-refractivity contribution in [2.45, 2.75) is 194 Å². The van der Waals surface area contributed by atoms with Crippen molar-refractivity contribution in [3.05, 3.63) is 24.3 Å². The van der Waals surface area contributed by atoms with Gasteiger partial charge in [-0.15, -0.1) is 0 Å². The molecule has 232 valence electrons. The first-order chi connectivity index (χ1) is 19.4. The molecular formula is C36H71O2P. The monoisotopic (exact) mass is 567 g/mol. The minimum atomic E-state index is 0.239. The van der Waals surface area contributed by atoms with Crippen LogP contribution in [0.5, 0.6) is 0 Å². The lowest BCUT2D eigenvalue weighted by molar-refractivity contribution is 0.256. The summed E-state index contributed by atoms with van der Waals surface area (Å²) >= 11 is 0. The third-order valence-corrected chi connectivity index (χ3v) is 8.28. The molecule has 0 atom stereocenters. The molecule has 0 fully saturated rings. The molecule has 0 unspecified atom stereocenters. The Hall–Kier alpha value is -0.170. The molecule has 0 radical (unpaired) electrons. The fourth-order valence-corrected chi connectivity index (χ4v) is 5.51. The van der Waals surface area contributed by atoms with E-state index < -0.39 is 0 Å². The molecule has 0 aliphatic rings. The third kappa shape index (κ3) is 37.8. The topological polar surface area (TPSA) is 18.5 Å². The van der Waals surface area contributed by atoms with Crippen LogP contribution >= 0.6 is 9.03 Å². The van der Waals surface area contributed by atoms with E-state index >= 15 is 0 Å². The van der Waals surface area contributed by atoms with Gasteiger partial charge in [0.1, 0.15) is 0 Å². The Morgan fingerprint density at radius 2 is 0.590 bits per heavy atom. The van der Waals surface area contributed by atoms with E-state index in [4.69, 9.17) is 9.05 Å². The Morgan fingerprint density at radius 3 is 0.897 bits per heavy atom. The highest BCUT2D eigenvalue weighted by Gasteiger charge is 1.95. The normalized spacial score (nSPS) is 11.9. The van der Waals surface area contributed by atoms with E-state index in [-0.39, 0.29) is 9.03 Å². The van der Waals surface area contributed by atoms with Crippen molar-refractivity contribution in [1.82, 2.24) is 0 Å². The van der Waals surface area contributed by atoms with Crippen LogP contribution in [0.1, 0.15) is 194 Å². The SMILES string of the molecule is CCCCCCCC/C=C\CCCCCCCCOPOCCCCCCCC/C=C\CCCCCCCC. The van der Waals surface area contributed by atoms with Gasteiger partial charge in [-0.05, 0) is 64.2 Å². The molecular weight excluding hydrogens is 495 g/mol. The molecule has 2 nitrogen and oxygen atoms in total. The van der Waals surface area contributed by atoms with E-state index in [1.54, 1.807) is 0 Å². The van der Waals surface area contributed by atoms with Crippen LogP contribution in [0.2, 0.25) is 0 Å². The molecule has 0 saturated heterocycles. The number of allylic oxidation sites excluding steroid dienone is 4. The van der Waals surface area contributed by atoms with Crippen molar-refractivity contribution in [3.63, 3.8) is 0 Å². The summed E-state index contributed by atoms with van der Waals surface area (Å²) in [5.74, 6) is 0. The molecule has 0 rings (SSSR count). The van der Waals surface area contributed by atoms with Gasteiger partial charge in [0, 0.05) is 0 Å². The summed E-state index contributed by atoms with van der Waals surface area (Å²) in [5, 5.41) is 0. The minimum Gasteiger partial charge on any atom is -0.336 e. The Bertz CT molecular complexity index is 435. The molecule has 0 aromatic heterocycles. The van der Waals surface area contributed by atoms with Crippen molar-refractivity contribution in [2.75, 3.05) is 13.2 Å². The highest BCUT2D eigenvalue weighted by molar-refractivity contribution is 7.26. The van der Waals surface area contributed by atoms with Gasteiger partial charge in [-0.2, -0.15) is 0 Å². The third-order valence-electron chi connectivity index (χ3n) is 7.63. The van der Waals surface area contributed by atoms with E-state index in [1.807, 2.05) is 0 Å². The standard InChI is InChI=1S/C36H71O2P/c1-3-5-7-9-11-13-15-17-19-21-23-25-27-29-31-33-35-37-39-38-36-34-32-30-28-26-24-22-20-18-16-14-12-10-8-6-4-2/h17-20,39H,3-16,21-36H2,1-2H3/b19-17-,20-18-. The van der Waals surface area contributed by atoms with Gasteiger partial charge >= 0.3 is 0 Å². The van der Waals surface area contributed by atoms with Gasteiger partial charge < -0.3 is 9.05 Å². The smallest absolute Gasteiger partial charge is 0.155 e. The van der Waals surface area contributed by atoms with Gasteiger partial charge in [0.05, 0.1) is 13.2 Å². The lowest BCUT2D eigenvalue weighted by Gasteiger charge is -2.05. The molecule has 3 heteroatoms. The molecule has 0 amide bonds. The van der Waals surface area contributed by atoms with Crippen LogP contribution in [0.3, 0.4) is 0 Å². The molecule has 0 bridgehead atoms. The van der Waals surface area contributed by atoms with Gasteiger partial charge in [-0.1, -0.05) is 154 Å². The minimum absolute atomic E-state index is 0.239. The molecule has 0 saturated carbocycles. The fraction of sp³-hybridized carbons (Fsp3) is 0.889. The van der Waals surface area contributed by atoms with Crippen LogP contribution < -0.4 is 0 Å². The first-order valence-corrected chi connectivity index (χ1v) is 18.5. The molecule has 0 N–H and O–H groups in total. The van der Waals surface area contributed by atoms with Crippen molar-refractivity contribution in [3.8, 4) is 0 Å². The summed E-state index contributed by atoms with van der Waals surface area (Å²) in [6.07, 6.45) is 47.5. The quantitative estimate of drug-likeness (QED) is 0.0438. The van der Waals surface area contributed by atoms with Gasteiger partial charge in [-0.3, -0.25) is 0 Å². The van der Waals surface area contributed by atoms with Gasteiger partial charge in [-0.25, -0.2) is 0 Å². The number of hydrogen-bond acceptors (Lipinski definition) is 2. The van der Waals surface area contributed by atoms with Gasteiger partial charge in [0.15, 0.2) is 9.03 Å². The summed E-state index contributed by atoms with van der Waals surface area (Å²) < 4.78 is 11.3. The molecule has 0 spiro atoms. The lowest BCUT2D eigenvalue weighted by atomic mass is 10.1. The van der Waals surface area contributed by atoms with Crippen LogP contribution in [0.25, 0.3) is 0 Å². The number of hydrogen-bond donors (Lipinski definition) is 0. The number of unbranched alkanes of at least 4 members (excludes halogenated alkanes) is 24. The summed E-state index contributed by atoms with van der Waals surface area (Å²) in [7, 11) is 0.239. The highest BCUT2D eigenvalue weighted by Crippen LogP contribution is 2.17. The molecule has 0 aliphatic heterocycles. The average Bonchev–Trinajstić information content (AvgIpc) is 2.95. The molecule has 0 aromatic carbocycles. The highest BCUT2D eigenvalue weighted by atomic mass is 31.1. The van der Waals surface area contributed by atoms with Crippen LogP contribution in [-0.4, -0.2) is 13.2 Å². The Morgan fingerprint density at radius 1 is 0.333 bits per heavy atom. The second-order valence-corrected chi connectivity index (χ2v) is 12.4. The summed E-state index contributed by atoms with van der Waals surface area (Å²) in [6.45, 7) is 6.31. The fourth-order valence-electron chi connectivity index (χ4n) is 4.97. The van der Waals surface area contributed by atoms with E-state index in [9.17, 15) is 0 Å². The summed E-state index contributed by atoms with van der Waals surface area (Å²) in [5.41, 5.74) is 0. The molecule has 0 heterocycles. The van der Waals surface area contributed by atoms with E-state index in [2.05, 4.69) is 38.2 Å².